The zero-order valence-electron chi connectivity index (χ0n) is 22.5. The first kappa shape index (κ1) is 30.8. The Labute approximate surface area is 250 Å². The van der Waals surface area contributed by atoms with Crippen molar-refractivity contribution in [1.82, 2.24) is 5.32 Å². The number of carboxylic acids is 2. The molecule has 3 aromatic carbocycles. The molecule has 0 unspecified atom stereocenters. The molecule has 0 heterocycles. The van der Waals surface area contributed by atoms with Crippen LogP contribution in [0.25, 0.3) is 10.8 Å². The summed E-state index contributed by atoms with van der Waals surface area (Å²) in [6.45, 7) is 1.54. The van der Waals surface area contributed by atoms with Gasteiger partial charge < -0.3 is 25.0 Å². The van der Waals surface area contributed by atoms with Crippen LogP contribution in [0.5, 0.6) is 0 Å². The molecule has 1 saturated carbocycles. The van der Waals surface area contributed by atoms with E-state index in [9.17, 15) is 34.2 Å². The second kappa shape index (κ2) is 12.8. The van der Waals surface area contributed by atoms with Gasteiger partial charge in [0.2, 0.25) is 5.91 Å². The van der Waals surface area contributed by atoms with E-state index in [2.05, 4.69) is 10.1 Å². The number of nitrogens with one attached hydrogen (secondary N) is 1. The number of hydrogen-bond acceptors (Lipinski definition) is 7. The number of halogens is 2. The van der Waals surface area contributed by atoms with E-state index < -0.39 is 65.6 Å². The van der Waals surface area contributed by atoms with E-state index >= 15 is 0 Å². The van der Waals surface area contributed by atoms with Crippen LogP contribution in [0.1, 0.15) is 22.8 Å². The lowest BCUT2D eigenvalue weighted by Crippen LogP contribution is -2.63. The van der Waals surface area contributed by atoms with Crippen molar-refractivity contribution in [3.05, 3.63) is 81.8 Å². The van der Waals surface area contributed by atoms with Gasteiger partial charge in [-0.1, -0.05) is 59.6 Å². The molecule has 0 radical (unpaired) electrons. The third kappa shape index (κ3) is 6.34. The normalized spacial score (nSPS) is 21.0. The fraction of sp³-hybridized carbons (Fsp3) is 0.300. The standard InChI is InChI=1S/C30H27Cl2NO9/c1-14(33-26(34)22-23(27(35)36)25(30(40)41-2)24(22)28(37)38)21(12-15-7-10-19(31)20(32)11-15)42-29(39)18-9-8-16-5-3-4-6-17(16)13-18/h3-11,13-14,21-25H,12H2,1-2H3,(H,33,34)(H,35,36)(H,37,38)/t14-,21+,22-,23-,24-,25-/m0/s1. The third-order valence-electron chi connectivity index (χ3n) is 7.49. The number of methoxy groups -OCH3 is 1. The van der Waals surface area contributed by atoms with Crippen molar-refractivity contribution >= 4 is 63.8 Å². The Kier molecular flexibility index (Phi) is 9.38. The zero-order valence-corrected chi connectivity index (χ0v) is 24.0. The van der Waals surface area contributed by atoms with E-state index in [4.69, 9.17) is 27.9 Å². The Morgan fingerprint density at radius 2 is 1.48 bits per heavy atom. The van der Waals surface area contributed by atoms with Crippen molar-refractivity contribution in [3.63, 3.8) is 0 Å². The van der Waals surface area contributed by atoms with Crippen LogP contribution in [0.2, 0.25) is 10.0 Å². The lowest BCUT2D eigenvalue weighted by molar-refractivity contribution is -0.188. The maximum absolute atomic E-state index is 13.3. The summed E-state index contributed by atoms with van der Waals surface area (Å²) in [5, 5.41) is 24.3. The predicted molar refractivity (Wildman–Crippen MR) is 152 cm³/mol. The van der Waals surface area contributed by atoms with E-state index in [0.717, 1.165) is 17.9 Å². The molecule has 42 heavy (non-hydrogen) atoms. The summed E-state index contributed by atoms with van der Waals surface area (Å²) in [7, 11) is 1.01. The van der Waals surface area contributed by atoms with Crippen LogP contribution in [0.4, 0.5) is 0 Å². The Morgan fingerprint density at radius 3 is 2.07 bits per heavy atom. The highest BCUT2D eigenvalue weighted by Gasteiger charge is 2.64. The Hall–Kier alpha value is -4.15. The van der Waals surface area contributed by atoms with Crippen molar-refractivity contribution in [3.8, 4) is 0 Å². The maximum atomic E-state index is 13.3. The molecule has 1 aliphatic rings. The average Bonchev–Trinajstić information content (AvgIpc) is 2.93. The number of fused-ring (bicyclic) bond motifs is 1. The minimum atomic E-state index is -1.61. The second-order valence-electron chi connectivity index (χ2n) is 10.1. The lowest BCUT2D eigenvalue weighted by atomic mass is 9.56. The summed E-state index contributed by atoms with van der Waals surface area (Å²) in [6.07, 6.45) is -0.911. The van der Waals surface area contributed by atoms with Crippen LogP contribution < -0.4 is 5.32 Å². The Balaban J connectivity index is 1.59. The molecule has 220 valence electrons. The first-order valence-electron chi connectivity index (χ1n) is 12.9. The molecule has 4 rings (SSSR count). The van der Waals surface area contributed by atoms with Crippen LogP contribution in [0.3, 0.4) is 0 Å². The summed E-state index contributed by atoms with van der Waals surface area (Å²) in [6, 6.07) is 16.4. The molecule has 3 aromatic rings. The number of carbonyl (C=O) groups excluding carboxylic acids is 3. The summed E-state index contributed by atoms with van der Waals surface area (Å²) in [5.41, 5.74) is 0.895. The van der Waals surface area contributed by atoms with Crippen molar-refractivity contribution in [2.45, 2.75) is 25.5 Å². The first-order valence-corrected chi connectivity index (χ1v) is 13.7. The van der Waals surface area contributed by atoms with Crippen molar-refractivity contribution in [1.29, 1.82) is 0 Å². The van der Waals surface area contributed by atoms with Crippen molar-refractivity contribution in [2.75, 3.05) is 7.11 Å². The highest BCUT2D eigenvalue weighted by Crippen LogP contribution is 2.47. The first-order chi connectivity index (χ1) is 19.9. The van der Waals surface area contributed by atoms with Gasteiger partial charge in [0.15, 0.2) is 0 Å². The third-order valence-corrected chi connectivity index (χ3v) is 8.23. The van der Waals surface area contributed by atoms with Crippen LogP contribution in [-0.2, 0) is 35.1 Å². The van der Waals surface area contributed by atoms with E-state index in [-0.39, 0.29) is 17.0 Å². The number of ether oxygens (including phenoxy) is 2. The summed E-state index contributed by atoms with van der Waals surface area (Å²) in [5.74, 6) is -12.0. The smallest absolute Gasteiger partial charge is 0.338 e. The van der Waals surface area contributed by atoms with Gasteiger partial charge in [-0.2, -0.15) is 0 Å². The molecule has 10 nitrogen and oxygen atoms in total. The molecule has 0 aromatic heterocycles. The van der Waals surface area contributed by atoms with Gasteiger partial charge in [-0.05, 0) is 47.5 Å². The van der Waals surface area contributed by atoms with Gasteiger partial charge in [0.1, 0.15) is 6.10 Å². The molecule has 4 atom stereocenters. The second-order valence-corrected chi connectivity index (χ2v) is 10.9. The molecule has 12 heteroatoms. The van der Waals surface area contributed by atoms with E-state index in [1.807, 2.05) is 24.3 Å². The lowest BCUT2D eigenvalue weighted by Gasteiger charge is -2.45. The number of aliphatic carboxylic acids is 2. The molecular weight excluding hydrogens is 589 g/mol. The van der Waals surface area contributed by atoms with Gasteiger partial charge in [-0.3, -0.25) is 19.2 Å². The number of carbonyl (C=O) groups is 5. The maximum Gasteiger partial charge on any atom is 0.338 e. The Morgan fingerprint density at radius 1 is 0.833 bits per heavy atom. The topological polar surface area (TPSA) is 156 Å². The summed E-state index contributed by atoms with van der Waals surface area (Å²) in [4.78, 5) is 62.6. The number of esters is 2. The van der Waals surface area contributed by atoms with Gasteiger partial charge in [0.05, 0.1) is 52.4 Å². The van der Waals surface area contributed by atoms with Crippen LogP contribution >= 0.6 is 23.2 Å². The van der Waals surface area contributed by atoms with Crippen LogP contribution in [-0.4, -0.2) is 59.3 Å². The largest absolute Gasteiger partial charge is 0.481 e. The Bertz CT molecular complexity index is 1540. The number of amides is 1. The molecular formula is C30H27Cl2NO9. The van der Waals surface area contributed by atoms with Gasteiger partial charge in [0.25, 0.3) is 0 Å². The molecule has 0 aliphatic heterocycles. The van der Waals surface area contributed by atoms with Gasteiger partial charge in [0, 0.05) is 6.42 Å². The highest BCUT2D eigenvalue weighted by molar-refractivity contribution is 6.42. The van der Waals surface area contributed by atoms with Crippen molar-refractivity contribution < 1.29 is 43.7 Å². The molecule has 0 bridgehead atoms. The minimum absolute atomic E-state index is 0.0812. The number of benzene rings is 3. The van der Waals surface area contributed by atoms with Crippen LogP contribution in [0.15, 0.2) is 60.7 Å². The molecule has 1 aliphatic carbocycles. The zero-order chi connectivity index (χ0) is 30.7. The fourth-order valence-corrected chi connectivity index (χ4v) is 5.59. The van der Waals surface area contributed by atoms with E-state index in [0.29, 0.717) is 10.6 Å². The highest BCUT2D eigenvalue weighted by atomic mass is 35.5. The van der Waals surface area contributed by atoms with Crippen molar-refractivity contribution in [2.24, 2.45) is 23.7 Å². The van der Waals surface area contributed by atoms with E-state index in [1.165, 1.54) is 6.92 Å². The molecule has 1 fully saturated rings. The van der Waals surface area contributed by atoms with Gasteiger partial charge in [-0.25, -0.2) is 4.79 Å². The molecule has 3 N–H and O–H groups in total. The fourth-order valence-electron chi connectivity index (χ4n) is 5.27. The van der Waals surface area contributed by atoms with E-state index in [1.54, 1.807) is 36.4 Å². The number of rotatable bonds is 10. The predicted octanol–water partition coefficient (Wildman–Crippen LogP) is 4.24. The minimum Gasteiger partial charge on any atom is -0.481 e. The molecule has 0 spiro atoms. The van der Waals surface area contributed by atoms with Gasteiger partial charge >= 0.3 is 23.9 Å². The average molecular weight is 616 g/mol. The van der Waals surface area contributed by atoms with Gasteiger partial charge in [-0.15, -0.1) is 0 Å². The monoisotopic (exact) mass is 615 g/mol. The molecule has 0 saturated heterocycles. The quantitative estimate of drug-likeness (QED) is 0.284. The number of carboxylic acid groups (broad SMARTS) is 2. The summed E-state index contributed by atoms with van der Waals surface area (Å²) < 4.78 is 10.4. The number of hydrogen-bond donors (Lipinski definition) is 3. The summed E-state index contributed by atoms with van der Waals surface area (Å²) >= 11 is 12.2. The van der Waals surface area contributed by atoms with Crippen LogP contribution in [0, 0.1) is 23.7 Å². The SMILES string of the molecule is COC(=O)[C@H]1[C@@H](C(=O)O)[C@H](C(=O)N[C@@H](C)[C@@H](Cc2ccc(Cl)c(Cl)c2)OC(=O)c2ccc3ccccc3c2)[C@@H]1C(=O)O. The molecule has 1 amide bonds.